The van der Waals surface area contributed by atoms with E-state index in [9.17, 15) is 4.79 Å². The number of hydrogen-bond acceptors (Lipinski definition) is 3. The number of nitrogens with one attached hydrogen (secondary N) is 2. The zero-order valence-electron chi connectivity index (χ0n) is 9.70. The molecule has 18 heavy (non-hydrogen) atoms. The summed E-state index contributed by atoms with van der Waals surface area (Å²) in [6, 6.07) is 8.26. The van der Waals surface area contributed by atoms with E-state index in [1.807, 2.05) is 24.3 Å². The molecule has 0 radical (unpaired) electrons. The van der Waals surface area contributed by atoms with Crippen molar-refractivity contribution in [3.63, 3.8) is 0 Å². The Labute approximate surface area is 118 Å². The van der Waals surface area contributed by atoms with Crippen molar-refractivity contribution < 1.29 is 4.79 Å². The molecule has 1 saturated heterocycles. The van der Waals surface area contributed by atoms with E-state index in [0.29, 0.717) is 0 Å². The van der Waals surface area contributed by atoms with Gasteiger partial charge < -0.3 is 10.6 Å². The summed E-state index contributed by atoms with van der Waals surface area (Å²) in [5.74, 6) is 0.0387. The smallest absolute Gasteiger partial charge is 0.261 e. The van der Waals surface area contributed by atoms with Crippen LogP contribution in [0.15, 0.2) is 28.7 Å². The summed E-state index contributed by atoms with van der Waals surface area (Å²) in [5.41, 5.74) is 0. The van der Waals surface area contributed by atoms with E-state index in [1.54, 1.807) is 11.3 Å². The summed E-state index contributed by atoms with van der Waals surface area (Å²) in [5, 5.41) is 7.42. The lowest BCUT2D eigenvalue weighted by molar-refractivity contribution is 0.0944. The molecular weight excluding hydrogens is 312 g/mol. The Kier molecular flexibility index (Phi) is 3.37. The number of carbonyl (C=O) groups excluding carboxylic acids is 1. The van der Waals surface area contributed by atoms with E-state index < -0.39 is 0 Å². The van der Waals surface area contributed by atoms with Crippen LogP contribution in [0.3, 0.4) is 0 Å². The van der Waals surface area contributed by atoms with Gasteiger partial charge in [0.1, 0.15) is 0 Å². The van der Waals surface area contributed by atoms with E-state index in [-0.39, 0.29) is 11.9 Å². The van der Waals surface area contributed by atoms with Crippen molar-refractivity contribution in [2.75, 3.05) is 13.1 Å². The highest BCUT2D eigenvalue weighted by Gasteiger charge is 2.19. The van der Waals surface area contributed by atoms with Crippen molar-refractivity contribution in [1.82, 2.24) is 10.6 Å². The first-order valence-corrected chi connectivity index (χ1v) is 7.54. The Hall–Kier alpha value is -0.910. The SMILES string of the molecule is O=C(NC1CCNC1)c1cc2c(Br)cccc2s1. The van der Waals surface area contributed by atoms with Gasteiger partial charge in [0.2, 0.25) is 0 Å². The Balaban J connectivity index is 1.85. The van der Waals surface area contributed by atoms with E-state index in [4.69, 9.17) is 0 Å². The molecule has 1 unspecified atom stereocenters. The molecule has 94 valence electrons. The van der Waals surface area contributed by atoms with E-state index in [0.717, 1.165) is 38.9 Å². The van der Waals surface area contributed by atoms with Crippen molar-refractivity contribution in [1.29, 1.82) is 0 Å². The van der Waals surface area contributed by atoms with Crippen molar-refractivity contribution >= 4 is 43.3 Å². The summed E-state index contributed by atoms with van der Waals surface area (Å²) in [6.07, 6.45) is 1.01. The van der Waals surface area contributed by atoms with Gasteiger partial charge in [-0.3, -0.25) is 4.79 Å². The topological polar surface area (TPSA) is 41.1 Å². The molecule has 3 nitrogen and oxygen atoms in total. The Morgan fingerprint density at radius 1 is 1.50 bits per heavy atom. The number of amides is 1. The fourth-order valence-corrected chi connectivity index (χ4v) is 3.77. The zero-order chi connectivity index (χ0) is 12.5. The molecule has 0 aliphatic carbocycles. The minimum atomic E-state index is 0.0387. The second-order valence-electron chi connectivity index (χ2n) is 4.43. The van der Waals surface area contributed by atoms with E-state index in [1.165, 1.54) is 0 Å². The number of thiophene rings is 1. The van der Waals surface area contributed by atoms with Gasteiger partial charge in [-0.2, -0.15) is 0 Å². The molecule has 5 heteroatoms. The molecule has 2 N–H and O–H groups in total. The maximum Gasteiger partial charge on any atom is 0.261 e. The molecule has 2 aromatic rings. The zero-order valence-corrected chi connectivity index (χ0v) is 12.1. The van der Waals surface area contributed by atoms with Gasteiger partial charge in [-0.1, -0.05) is 22.0 Å². The number of hydrogen-bond donors (Lipinski definition) is 2. The summed E-state index contributed by atoms with van der Waals surface area (Å²) in [6.45, 7) is 1.86. The lowest BCUT2D eigenvalue weighted by Gasteiger charge is -2.09. The van der Waals surface area contributed by atoms with Crippen LogP contribution in [0, 0.1) is 0 Å². The highest BCUT2D eigenvalue weighted by molar-refractivity contribution is 9.10. The number of halogens is 1. The Bertz CT molecular complexity index is 590. The molecule has 2 heterocycles. The van der Waals surface area contributed by atoms with Gasteiger partial charge >= 0.3 is 0 Å². The maximum atomic E-state index is 12.1. The molecule has 1 aliphatic rings. The minimum Gasteiger partial charge on any atom is -0.347 e. The monoisotopic (exact) mass is 324 g/mol. The fourth-order valence-electron chi connectivity index (χ4n) is 2.17. The van der Waals surface area contributed by atoms with Crippen molar-refractivity contribution in [2.45, 2.75) is 12.5 Å². The second kappa shape index (κ2) is 4.99. The predicted molar refractivity (Wildman–Crippen MR) is 78.3 cm³/mol. The van der Waals surface area contributed by atoms with Crippen LogP contribution in [0.1, 0.15) is 16.1 Å². The maximum absolute atomic E-state index is 12.1. The number of fused-ring (bicyclic) bond motifs is 1. The van der Waals surface area contributed by atoms with Crippen LogP contribution in [-0.2, 0) is 0 Å². The van der Waals surface area contributed by atoms with E-state index >= 15 is 0 Å². The summed E-state index contributed by atoms with van der Waals surface area (Å²) in [7, 11) is 0. The van der Waals surface area contributed by atoms with Gasteiger partial charge in [-0.05, 0) is 31.2 Å². The summed E-state index contributed by atoms with van der Waals surface area (Å²) >= 11 is 5.05. The van der Waals surface area contributed by atoms with Crippen molar-refractivity contribution in [3.8, 4) is 0 Å². The van der Waals surface area contributed by atoms with Crippen LogP contribution >= 0.6 is 27.3 Å². The Morgan fingerprint density at radius 3 is 3.11 bits per heavy atom. The average Bonchev–Trinajstić information content (AvgIpc) is 2.97. The third-order valence-corrected chi connectivity index (χ3v) is 4.92. The highest BCUT2D eigenvalue weighted by Crippen LogP contribution is 2.31. The van der Waals surface area contributed by atoms with Gasteiger partial charge in [0.15, 0.2) is 0 Å². The molecule has 0 spiro atoms. The van der Waals surface area contributed by atoms with Crippen LogP contribution in [0.25, 0.3) is 10.1 Å². The molecule has 1 aromatic carbocycles. The van der Waals surface area contributed by atoms with Crippen LogP contribution in [-0.4, -0.2) is 25.0 Å². The lowest BCUT2D eigenvalue weighted by atomic mass is 10.2. The number of carbonyl (C=O) groups is 1. The summed E-state index contributed by atoms with van der Waals surface area (Å²) in [4.78, 5) is 12.9. The lowest BCUT2D eigenvalue weighted by Crippen LogP contribution is -2.35. The summed E-state index contributed by atoms with van der Waals surface area (Å²) < 4.78 is 2.18. The molecule has 1 amide bonds. The largest absolute Gasteiger partial charge is 0.347 e. The highest BCUT2D eigenvalue weighted by atomic mass is 79.9. The third-order valence-electron chi connectivity index (χ3n) is 3.13. The van der Waals surface area contributed by atoms with Gasteiger partial charge in [0.05, 0.1) is 4.88 Å². The molecule has 1 atom stereocenters. The quantitative estimate of drug-likeness (QED) is 0.891. The molecule has 1 aromatic heterocycles. The first kappa shape index (κ1) is 12.1. The molecule has 0 saturated carbocycles. The average molecular weight is 325 g/mol. The van der Waals surface area contributed by atoms with Crippen LogP contribution in [0.5, 0.6) is 0 Å². The molecule has 3 rings (SSSR count). The van der Waals surface area contributed by atoms with Crippen molar-refractivity contribution in [3.05, 3.63) is 33.6 Å². The van der Waals surface area contributed by atoms with Crippen molar-refractivity contribution in [2.24, 2.45) is 0 Å². The second-order valence-corrected chi connectivity index (χ2v) is 6.36. The number of rotatable bonds is 2. The number of benzene rings is 1. The Morgan fingerprint density at radius 2 is 2.39 bits per heavy atom. The molecule has 1 fully saturated rings. The normalized spacial score (nSPS) is 19.3. The van der Waals surface area contributed by atoms with Crippen LogP contribution in [0.4, 0.5) is 0 Å². The van der Waals surface area contributed by atoms with Gasteiger partial charge in [0, 0.05) is 27.1 Å². The molecular formula is C13H13BrN2OS. The van der Waals surface area contributed by atoms with Gasteiger partial charge in [-0.15, -0.1) is 11.3 Å². The van der Waals surface area contributed by atoms with Crippen LogP contribution < -0.4 is 10.6 Å². The van der Waals surface area contributed by atoms with E-state index in [2.05, 4.69) is 26.6 Å². The van der Waals surface area contributed by atoms with Gasteiger partial charge in [0.25, 0.3) is 5.91 Å². The predicted octanol–water partition coefficient (Wildman–Crippen LogP) is 2.76. The fraction of sp³-hybridized carbons (Fsp3) is 0.308. The van der Waals surface area contributed by atoms with Crippen LogP contribution in [0.2, 0.25) is 0 Å². The molecule has 0 bridgehead atoms. The molecule has 1 aliphatic heterocycles. The third kappa shape index (κ3) is 2.30. The van der Waals surface area contributed by atoms with Gasteiger partial charge in [-0.25, -0.2) is 0 Å². The standard InChI is InChI=1S/C13H13BrN2OS/c14-10-2-1-3-11-9(10)6-12(18-11)13(17)16-8-4-5-15-7-8/h1-3,6,8,15H,4-5,7H2,(H,16,17). The minimum absolute atomic E-state index is 0.0387. The first-order chi connectivity index (χ1) is 8.74. The first-order valence-electron chi connectivity index (χ1n) is 5.94.